The lowest BCUT2D eigenvalue weighted by Gasteiger charge is -2.14. The molecule has 0 atom stereocenters. The van der Waals surface area contributed by atoms with Gasteiger partial charge in [-0.2, -0.15) is 0 Å². The summed E-state index contributed by atoms with van der Waals surface area (Å²) in [7, 11) is 8.77. The number of fused-ring (bicyclic) bond motifs is 3. The molecule has 15 heteroatoms. The number of carboxylic acid groups (broad SMARTS) is 2. The lowest BCUT2D eigenvalue weighted by atomic mass is 9.98. The minimum Gasteiger partial charge on any atom is -0.493 e. The van der Waals surface area contributed by atoms with E-state index in [0.717, 1.165) is 17.4 Å². The van der Waals surface area contributed by atoms with Crippen LogP contribution < -0.4 is 39.1 Å². The zero-order valence-electron chi connectivity index (χ0n) is 29.3. The van der Waals surface area contributed by atoms with Crippen molar-refractivity contribution >= 4 is 78.8 Å². The summed E-state index contributed by atoms with van der Waals surface area (Å²) in [5.74, 6) is -2.02. The number of carbonyl (C=O) groups excluding carboxylic acids is 2. The number of carbonyl (C=O) groups is 4. The van der Waals surface area contributed by atoms with E-state index in [-0.39, 0.29) is 11.1 Å². The van der Waals surface area contributed by atoms with Gasteiger partial charge in [-0.25, -0.2) is 9.59 Å². The minimum absolute atomic E-state index is 0.178. The van der Waals surface area contributed by atoms with Gasteiger partial charge < -0.3 is 49.3 Å². The predicted molar refractivity (Wildman–Crippen MR) is 201 cm³/mol. The molecular weight excluding hydrogens is 708 g/mol. The van der Waals surface area contributed by atoms with Crippen molar-refractivity contribution in [3.63, 3.8) is 0 Å². The van der Waals surface area contributed by atoms with E-state index in [0.29, 0.717) is 66.1 Å². The van der Waals surface area contributed by atoms with Gasteiger partial charge in [0, 0.05) is 49.1 Å². The van der Waals surface area contributed by atoms with Crippen LogP contribution in [-0.4, -0.2) is 76.6 Å². The summed E-state index contributed by atoms with van der Waals surface area (Å²) < 4.78 is 33.2. The van der Waals surface area contributed by atoms with E-state index in [4.69, 9.17) is 28.4 Å². The van der Waals surface area contributed by atoms with Gasteiger partial charge in [0.2, 0.25) is 23.3 Å². The van der Waals surface area contributed by atoms with Crippen molar-refractivity contribution in [2.24, 2.45) is 0 Å². The van der Waals surface area contributed by atoms with Crippen molar-refractivity contribution in [1.82, 2.24) is 0 Å². The third-order valence-corrected chi connectivity index (χ3v) is 9.11. The van der Waals surface area contributed by atoms with Crippen LogP contribution in [0.15, 0.2) is 60.7 Å². The van der Waals surface area contributed by atoms with Crippen LogP contribution >= 0.6 is 11.3 Å². The fraction of sp³-hybridized carbons (Fsp3) is 0.158. The molecule has 5 rings (SSSR count). The van der Waals surface area contributed by atoms with Gasteiger partial charge in [-0.1, -0.05) is 6.07 Å². The summed E-state index contributed by atoms with van der Waals surface area (Å²) in [4.78, 5) is 51.2. The first-order valence-corrected chi connectivity index (χ1v) is 16.4. The molecule has 0 aliphatic rings. The van der Waals surface area contributed by atoms with Crippen LogP contribution in [0.2, 0.25) is 0 Å². The van der Waals surface area contributed by atoms with E-state index in [1.165, 1.54) is 60.9 Å². The van der Waals surface area contributed by atoms with Crippen molar-refractivity contribution in [2.45, 2.75) is 0 Å². The van der Waals surface area contributed by atoms with Crippen molar-refractivity contribution in [1.29, 1.82) is 0 Å². The van der Waals surface area contributed by atoms with E-state index in [1.807, 2.05) is 0 Å². The number of amides is 2. The molecule has 5 aromatic rings. The molecule has 1 aromatic heterocycles. The molecule has 0 unspecified atom stereocenters. The topological polar surface area (TPSA) is 188 Å². The van der Waals surface area contributed by atoms with Gasteiger partial charge in [0.15, 0.2) is 23.0 Å². The van der Waals surface area contributed by atoms with E-state index in [2.05, 4.69) is 10.6 Å². The summed E-state index contributed by atoms with van der Waals surface area (Å²) in [5.41, 5.74) is 0.123. The minimum atomic E-state index is -1.55. The zero-order valence-corrected chi connectivity index (χ0v) is 30.1. The maximum absolute atomic E-state index is 13.1. The van der Waals surface area contributed by atoms with Gasteiger partial charge in [-0.15, -0.1) is 11.3 Å². The number of hydrogen-bond donors (Lipinski definition) is 4. The SMILES string of the molecule is COc1ccc(C=CC(=O)Nc2ccc3c(c2)sc2cc(NC(=O)C=Cc4ccc(OC)c(OC)c4OC)c(C(=O)O)c(C(=O)O)c23)c(OC)c1OC. The molecule has 274 valence electrons. The molecule has 0 spiro atoms. The summed E-state index contributed by atoms with van der Waals surface area (Å²) in [6.07, 6.45) is 5.44. The molecular formula is C38H34N2O12S. The Morgan fingerprint density at radius 1 is 0.585 bits per heavy atom. The second-order valence-electron chi connectivity index (χ2n) is 11.0. The average molecular weight is 743 g/mol. The van der Waals surface area contributed by atoms with Crippen molar-refractivity contribution in [2.75, 3.05) is 53.3 Å². The quantitative estimate of drug-likeness (QED) is 0.0872. The van der Waals surface area contributed by atoms with E-state index in [1.54, 1.807) is 48.5 Å². The van der Waals surface area contributed by atoms with Gasteiger partial charge >= 0.3 is 11.9 Å². The third kappa shape index (κ3) is 7.50. The molecule has 0 bridgehead atoms. The fourth-order valence-electron chi connectivity index (χ4n) is 5.75. The molecule has 0 saturated heterocycles. The summed E-state index contributed by atoms with van der Waals surface area (Å²) in [6.45, 7) is 0. The highest BCUT2D eigenvalue weighted by atomic mass is 32.1. The molecule has 0 aliphatic heterocycles. The number of methoxy groups -OCH3 is 6. The summed E-state index contributed by atoms with van der Waals surface area (Å²) >= 11 is 1.16. The van der Waals surface area contributed by atoms with Crippen LogP contribution in [0.1, 0.15) is 31.8 Å². The Balaban J connectivity index is 1.47. The first-order chi connectivity index (χ1) is 25.5. The normalized spacial score (nSPS) is 11.1. The lowest BCUT2D eigenvalue weighted by molar-refractivity contribution is -0.112. The Morgan fingerprint density at radius 2 is 1.09 bits per heavy atom. The van der Waals surface area contributed by atoms with Gasteiger partial charge in [-0.05, 0) is 54.6 Å². The molecule has 53 heavy (non-hydrogen) atoms. The number of rotatable bonds is 14. The smallest absolute Gasteiger partial charge is 0.338 e. The van der Waals surface area contributed by atoms with Crippen LogP contribution in [0, 0.1) is 0 Å². The Bertz CT molecular complexity index is 2330. The lowest BCUT2D eigenvalue weighted by Crippen LogP contribution is -2.16. The summed E-state index contributed by atoms with van der Waals surface area (Å²) in [6, 6.07) is 12.9. The van der Waals surface area contributed by atoms with Crippen LogP contribution in [0.25, 0.3) is 32.3 Å². The fourth-order valence-corrected chi connectivity index (χ4v) is 6.94. The summed E-state index contributed by atoms with van der Waals surface area (Å²) in [5, 5.41) is 26.4. The van der Waals surface area contributed by atoms with Crippen LogP contribution in [0.3, 0.4) is 0 Å². The van der Waals surface area contributed by atoms with Gasteiger partial charge in [0.25, 0.3) is 0 Å². The number of thiophene rings is 1. The number of nitrogens with one attached hydrogen (secondary N) is 2. The third-order valence-electron chi connectivity index (χ3n) is 8.01. The van der Waals surface area contributed by atoms with E-state index in [9.17, 15) is 29.4 Å². The highest BCUT2D eigenvalue weighted by Crippen LogP contribution is 2.43. The molecule has 1 heterocycles. The molecule has 0 fully saturated rings. The van der Waals surface area contributed by atoms with Gasteiger partial charge in [0.1, 0.15) is 0 Å². The van der Waals surface area contributed by atoms with E-state index < -0.39 is 34.9 Å². The second-order valence-corrected chi connectivity index (χ2v) is 12.0. The predicted octanol–water partition coefficient (Wildman–Crippen LogP) is 6.81. The van der Waals surface area contributed by atoms with Crippen molar-refractivity contribution in [3.05, 3.63) is 82.9 Å². The van der Waals surface area contributed by atoms with Crippen LogP contribution in [0.4, 0.5) is 11.4 Å². The number of hydrogen-bond acceptors (Lipinski definition) is 11. The molecule has 0 saturated carbocycles. The maximum Gasteiger partial charge on any atom is 0.338 e. The van der Waals surface area contributed by atoms with Gasteiger partial charge in [-0.3, -0.25) is 9.59 Å². The number of anilines is 2. The standard InChI is InChI=1S/C38H34N2O12S/c1-47-24-13-7-19(33(49-3)35(24)51-5)9-15-28(41)39-21-11-12-22-26(17-21)53-27-18-23(31(37(43)44)32(30(22)27)38(45)46)40-29(42)16-10-20-8-14-25(48-2)36(52-6)34(20)50-4/h7-18H,1-6H3,(H,39,41)(H,40,42)(H,43,44)(H,45,46). The molecule has 4 N–H and O–H groups in total. The molecule has 14 nitrogen and oxygen atoms in total. The monoisotopic (exact) mass is 742 g/mol. The van der Waals surface area contributed by atoms with Crippen molar-refractivity contribution < 1.29 is 57.8 Å². The Hall–Kier alpha value is -6.74. The Morgan fingerprint density at radius 3 is 1.57 bits per heavy atom. The first kappa shape index (κ1) is 37.5. The zero-order chi connectivity index (χ0) is 38.4. The molecule has 2 amide bonds. The maximum atomic E-state index is 13.1. The Kier molecular flexibility index (Phi) is 11.4. The average Bonchev–Trinajstić information content (AvgIpc) is 3.51. The number of benzene rings is 4. The largest absolute Gasteiger partial charge is 0.493 e. The molecule has 4 aromatic carbocycles. The first-order valence-electron chi connectivity index (χ1n) is 15.6. The van der Waals surface area contributed by atoms with Crippen LogP contribution in [-0.2, 0) is 9.59 Å². The van der Waals surface area contributed by atoms with Gasteiger partial charge in [0.05, 0.1) is 59.5 Å². The second kappa shape index (κ2) is 16.1. The highest BCUT2D eigenvalue weighted by molar-refractivity contribution is 7.26. The number of aromatic carboxylic acids is 2. The van der Waals surface area contributed by atoms with E-state index >= 15 is 0 Å². The van der Waals surface area contributed by atoms with Crippen LogP contribution in [0.5, 0.6) is 34.5 Å². The molecule has 0 radical (unpaired) electrons. The highest BCUT2D eigenvalue weighted by Gasteiger charge is 2.27. The van der Waals surface area contributed by atoms with Crippen molar-refractivity contribution in [3.8, 4) is 34.5 Å². The number of carboxylic acids is 2. The Labute approximate surface area is 306 Å². The number of ether oxygens (including phenoxy) is 6. The molecule has 0 aliphatic carbocycles.